The molecular weight excluding hydrogens is 258 g/mol. The molecule has 0 bridgehead atoms. The first-order valence-electron chi connectivity index (χ1n) is 8.31. The second-order valence-electron chi connectivity index (χ2n) is 6.70. The van der Waals surface area contributed by atoms with Gasteiger partial charge >= 0.3 is 0 Å². The summed E-state index contributed by atoms with van der Waals surface area (Å²) in [5, 5.41) is 3.62. The summed E-state index contributed by atoms with van der Waals surface area (Å²) < 4.78 is 0. The fraction of sp³-hybridized carbons (Fsp3) is 0.722. The Morgan fingerprint density at radius 3 is 2.38 bits per heavy atom. The summed E-state index contributed by atoms with van der Waals surface area (Å²) >= 11 is 0. The van der Waals surface area contributed by atoms with E-state index in [9.17, 15) is 0 Å². The Hall–Kier alpha value is -0.930. The first-order valence-corrected chi connectivity index (χ1v) is 8.31. The molecule has 1 aromatic rings. The van der Waals surface area contributed by atoms with Crippen LogP contribution in [-0.2, 0) is 6.54 Å². The molecule has 0 fully saturated rings. The fourth-order valence-corrected chi connectivity index (χ4v) is 2.67. The third-order valence-corrected chi connectivity index (χ3v) is 3.86. The molecular formula is C18H33N3. The second-order valence-corrected chi connectivity index (χ2v) is 6.70. The molecule has 3 nitrogen and oxygen atoms in total. The van der Waals surface area contributed by atoms with Crippen molar-refractivity contribution >= 4 is 0 Å². The lowest BCUT2D eigenvalue weighted by Crippen LogP contribution is -2.46. The van der Waals surface area contributed by atoms with Crippen molar-refractivity contribution in [2.75, 3.05) is 19.6 Å². The van der Waals surface area contributed by atoms with Crippen LogP contribution in [0.25, 0.3) is 0 Å². The van der Waals surface area contributed by atoms with Gasteiger partial charge in [-0.15, -0.1) is 0 Å². The number of rotatable bonds is 9. The van der Waals surface area contributed by atoms with Crippen molar-refractivity contribution < 1.29 is 0 Å². The standard InChI is InChI=1S/C18H33N3/c1-7-21(13-17-10-8-9-16(6)20-17)18(15(4)5)12-19-11-14(2)3/h8-10,14-15,18-19H,7,11-13H2,1-6H3. The Morgan fingerprint density at radius 2 is 1.86 bits per heavy atom. The number of aromatic nitrogens is 1. The highest BCUT2D eigenvalue weighted by molar-refractivity contribution is 5.10. The Balaban J connectivity index is 2.68. The van der Waals surface area contributed by atoms with E-state index in [1.165, 1.54) is 5.69 Å². The van der Waals surface area contributed by atoms with E-state index in [4.69, 9.17) is 0 Å². The van der Waals surface area contributed by atoms with Crippen molar-refractivity contribution in [2.24, 2.45) is 11.8 Å². The summed E-state index contributed by atoms with van der Waals surface area (Å²) in [5.74, 6) is 1.33. The Morgan fingerprint density at radius 1 is 1.14 bits per heavy atom. The van der Waals surface area contributed by atoms with Crippen molar-refractivity contribution in [2.45, 2.75) is 54.1 Å². The van der Waals surface area contributed by atoms with Crippen LogP contribution >= 0.6 is 0 Å². The molecule has 3 heteroatoms. The van der Waals surface area contributed by atoms with E-state index < -0.39 is 0 Å². The molecule has 0 radical (unpaired) electrons. The first kappa shape index (κ1) is 18.1. The number of pyridine rings is 1. The monoisotopic (exact) mass is 291 g/mol. The summed E-state index contributed by atoms with van der Waals surface area (Å²) in [6, 6.07) is 6.85. The van der Waals surface area contributed by atoms with Crippen molar-refractivity contribution in [3.05, 3.63) is 29.6 Å². The lowest BCUT2D eigenvalue weighted by molar-refractivity contribution is 0.148. The fourth-order valence-electron chi connectivity index (χ4n) is 2.67. The summed E-state index contributed by atoms with van der Waals surface area (Å²) in [6.45, 7) is 17.6. The zero-order valence-corrected chi connectivity index (χ0v) is 14.7. The largest absolute Gasteiger partial charge is 0.315 e. The maximum absolute atomic E-state index is 4.65. The quantitative estimate of drug-likeness (QED) is 0.755. The molecule has 0 aliphatic heterocycles. The van der Waals surface area contributed by atoms with E-state index in [0.717, 1.165) is 31.9 Å². The third kappa shape index (κ3) is 6.58. The van der Waals surface area contributed by atoms with E-state index in [2.05, 4.69) is 74.9 Å². The molecule has 0 saturated carbocycles. The third-order valence-electron chi connectivity index (χ3n) is 3.86. The van der Waals surface area contributed by atoms with Gasteiger partial charge in [0.2, 0.25) is 0 Å². The van der Waals surface area contributed by atoms with Gasteiger partial charge in [0, 0.05) is 24.8 Å². The van der Waals surface area contributed by atoms with E-state index in [1.54, 1.807) is 0 Å². The van der Waals surface area contributed by atoms with Gasteiger partial charge in [-0.2, -0.15) is 0 Å². The highest BCUT2D eigenvalue weighted by Crippen LogP contribution is 2.14. The smallest absolute Gasteiger partial charge is 0.0547 e. The van der Waals surface area contributed by atoms with Crippen molar-refractivity contribution in [1.29, 1.82) is 0 Å². The summed E-state index contributed by atoms with van der Waals surface area (Å²) in [4.78, 5) is 7.19. The highest BCUT2D eigenvalue weighted by atomic mass is 15.2. The number of nitrogens with one attached hydrogen (secondary N) is 1. The van der Waals surface area contributed by atoms with Crippen molar-refractivity contribution in [3.8, 4) is 0 Å². The molecule has 1 unspecified atom stereocenters. The lowest BCUT2D eigenvalue weighted by atomic mass is 10.0. The topological polar surface area (TPSA) is 28.2 Å². The Labute approximate surface area is 131 Å². The van der Waals surface area contributed by atoms with Gasteiger partial charge in [0.1, 0.15) is 0 Å². The van der Waals surface area contributed by atoms with Crippen molar-refractivity contribution in [1.82, 2.24) is 15.2 Å². The molecule has 120 valence electrons. The minimum Gasteiger partial charge on any atom is -0.315 e. The van der Waals surface area contributed by atoms with Crippen LogP contribution in [-0.4, -0.2) is 35.6 Å². The van der Waals surface area contributed by atoms with Gasteiger partial charge in [-0.3, -0.25) is 9.88 Å². The normalized spacial score (nSPS) is 13.4. The SMILES string of the molecule is CCN(Cc1cccc(C)n1)C(CNCC(C)C)C(C)C. The van der Waals surface area contributed by atoms with Crippen LogP contribution in [0.15, 0.2) is 18.2 Å². The second kappa shape index (κ2) is 9.16. The highest BCUT2D eigenvalue weighted by Gasteiger charge is 2.21. The van der Waals surface area contributed by atoms with E-state index in [-0.39, 0.29) is 0 Å². The van der Waals surface area contributed by atoms with E-state index in [0.29, 0.717) is 17.9 Å². The van der Waals surface area contributed by atoms with Gasteiger partial charge in [-0.05, 0) is 44.0 Å². The van der Waals surface area contributed by atoms with Gasteiger partial charge in [0.05, 0.1) is 5.69 Å². The van der Waals surface area contributed by atoms with Crippen LogP contribution in [0.2, 0.25) is 0 Å². The lowest BCUT2D eigenvalue weighted by Gasteiger charge is -2.34. The average molecular weight is 291 g/mol. The molecule has 0 aromatic carbocycles. The molecule has 0 aliphatic carbocycles. The molecule has 1 aromatic heterocycles. The maximum Gasteiger partial charge on any atom is 0.0547 e. The average Bonchev–Trinajstić information content (AvgIpc) is 2.41. The predicted molar refractivity (Wildman–Crippen MR) is 91.4 cm³/mol. The predicted octanol–water partition coefficient (Wildman–Crippen LogP) is 3.48. The van der Waals surface area contributed by atoms with Gasteiger partial charge in [0.15, 0.2) is 0 Å². The minimum absolute atomic E-state index is 0.552. The Kier molecular flexibility index (Phi) is 7.91. The van der Waals surface area contributed by atoms with E-state index in [1.807, 2.05) is 0 Å². The van der Waals surface area contributed by atoms with Crippen LogP contribution in [0.1, 0.15) is 46.0 Å². The van der Waals surface area contributed by atoms with Crippen LogP contribution in [0.4, 0.5) is 0 Å². The van der Waals surface area contributed by atoms with Crippen LogP contribution in [0.5, 0.6) is 0 Å². The molecule has 1 rings (SSSR count). The molecule has 0 amide bonds. The first-order chi connectivity index (χ1) is 9.93. The van der Waals surface area contributed by atoms with Crippen LogP contribution in [0.3, 0.4) is 0 Å². The molecule has 1 N–H and O–H groups in total. The summed E-state index contributed by atoms with van der Waals surface area (Å²) in [6.07, 6.45) is 0. The zero-order chi connectivity index (χ0) is 15.8. The summed E-state index contributed by atoms with van der Waals surface area (Å²) in [7, 11) is 0. The van der Waals surface area contributed by atoms with Crippen molar-refractivity contribution in [3.63, 3.8) is 0 Å². The van der Waals surface area contributed by atoms with Gasteiger partial charge in [-0.25, -0.2) is 0 Å². The number of aryl methyl sites for hydroxylation is 1. The zero-order valence-electron chi connectivity index (χ0n) is 14.7. The number of hydrogen-bond acceptors (Lipinski definition) is 3. The number of nitrogens with zero attached hydrogens (tertiary/aromatic N) is 2. The van der Waals surface area contributed by atoms with Crippen LogP contribution < -0.4 is 5.32 Å². The minimum atomic E-state index is 0.552. The summed E-state index contributed by atoms with van der Waals surface area (Å²) in [5.41, 5.74) is 2.27. The van der Waals surface area contributed by atoms with Gasteiger partial charge in [-0.1, -0.05) is 40.7 Å². The number of likely N-dealkylation sites (N-methyl/N-ethyl adjacent to an activating group) is 1. The van der Waals surface area contributed by atoms with Gasteiger partial charge < -0.3 is 5.32 Å². The van der Waals surface area contributed by atoms with Gasteiger partial charge in [0.25, 0.3) is 0 Å². The molecule has 0 spiro atoms. The maximum atomic E-state index is 4.65. The van der Waals surface area contributed by atoms with Crippen LogP contribution in [0, 0.1) is 18.8 Å². The van der Waals surface area contributed by atoms with E-state index >= 15 is 0 Å². The molecule has 0 saturated heterocycles. The number of hydrogen-bond donors (Lipinski definition) is 1. The Bertz CT molecular complexity index is 401. The molecule has 1 atom stereocenters. The molecule has 0 aliphatic rings. The molecule has 1 heterocycles. The molecule has 21 heavy (non-hydrogen) atoms.